The molecule has 0 bridgehead atoms. The summed E-state index contributed by atoms with van der Waals surface area (Å²) in [4.78, 5) is 35.6. The van der Waals surface area contributed by atoms with Crippen LogP contribution in [0.2, 0.25) is 0 Å². The average molecular weight is 370 g/mol. The maximum absolute atomic E-state index is 12.4. The smallest absolute Gasteiger partial charge is 0.408 e. The topological polar surface area (TPSA) is 108 Å². The van der Waals surface area contributed by atoms with Crippen molar-refractivity contribution in [2.24, 2.45) is 5.73 Å². The molecule has 0 aliphatic carbocycles. The van der Waals surface area contributed by atoms with Crippen molar-refractivity contribution in [3.05, 3.63) is 71.8 Å². The molecule has 7 nitrogen and oxygen atoms in total. The van der Waals surface area contributed by atoms with Gasteiger partial charge in [-0.2, -0.15) is 0 Å². The first-order chi connectivity index (χ1) is 13.0. The Balaban J connectivity index is 2.00. The van der Waals surface area contributed by atoms with Gasteiger partial charge in [0.1, 0.15) is 12.6 Å². The number of hydrogen-bond acceptors (Lipinski definition) is 5. The molecule has 3 N–H and O–H groups in total. The van der Waals surface area contributed by atoms with Crippen LogP contribution in [0.4, 0.5) is 4.79 Å². The second kappa shape index (κ2) is 9.96. The summed E-state index contributed by atoms with van der Waals surface area (Å²) < 4.78 is 10.2. The zero-order chi connectivity index (χ0) is 19.6. The number of hydrogen-bond donors (Lipinski definition) is 2. The molecule has 2 aromatic carbocycles. The van der Waals surface area contributed by atoms with Crippen molar-refractivity contribution in [1.29, 1.82) is 0 Å². The van der Waals surface area contributed by atoms with Crippen LogP contribution in [0.15, 0.2) is 60.7 Å². The molecule has 0 saturated heterocycles. The number of rotatable bonds is 8. The predicted molar refractivity (Wildman–Crippen MR) is 98.4 cm³/mol. The van der Waals surface area contributed by atoms with Crippen molar-refractivity contribution < 1.29 is 23.9 Å². The maximum Gasteiger partial charge on any atom is 0.408 e. The fourth-order valence-corrected chi connectivity index (χ4v) is 2.26. The van der Waals surface area contributed by atoms with Crippen LogP contribution in [0.5, 0.6) is 0 Å². The van der Waals surface area contributed by atoms with Gasteiger partial charge in [-0.15, -0.1) is 0 Å². The van der Waals surface area contributed by atoms with Gasteiger partial charge < -0.3 is 20.5 Å². The summed E-state index contributed by atoms with van der Waals surface area (Å²) in [7, 11) is 0. The molecular weight excluding hydrogens is 348 g/mol. The van der Waals surface area contributed by atoms with E-state index in [1.54, 1.807) is 0 Å². The first-order valence-electron chi connectivity index (χ1n) is 8.46. The lowest BCUT2D eigenvalue weighted by Gasteiger charge is -2.19. The predicted octanol–water partition coefficient (Wildman–Crippen LogP) is 1.94. The first kappa shape index (κ1) is 20.0. The number of nitrogens with two attached hydrogens (primary N) is 1. The number of carbonyl (C=O) groups excluding carboxylic acids is 3. The Morgan fingerprint density at radius 3 is 2.07 bits per heavy atom. The summed E-state index contributed by atoms with van der Waals surface area (Å²) in [6, 6.07) is 17.2. The normalized spacial score (nSPS) is 12.5. The van der Waals surface area contributed by atoms with E-state index in [2.05, 4.69) is 5.32 Å². The fourth-order valence-electron chi connectivity index (χ4n) is 2.26. The summed E-state index contributed by atoms with van der Waals surface area (Å²) in [6.07, 6.45) is -1.67. The molecule has 142 valence electrons. The van der Waals surface area contributed by atoms with Gasteiger partial charge >= 0.3 is 12.1 Å². The number of primary amides is 1. The second-order valence-corrected chi connectivity index (χ2v) is 5.93. The van der Waals surface area contributed by atoms with Gasteiger partial charge in [-0.1, -0.05) is 60.7 Å². The van der Waals surface area contributed by atoms with Crippen molar-refractivity contribution in [2.75, 3.05) is 0 Å². The van der Waals surface area contributed by atoms with Gasteiger partial charge in [0.2, 0.25) is 0 Å². The van der Waals surface area contributed by atoms with E-state index in [1.807, 2.05) is 60.7 Å². The van der Waals surface area contributed by atoms with Gasteiger partial charge in [0.05, 0.1) is 0 Å². The van der Waals surface area contributed by atoms with Gasteiger partial charge in [0.25, 0.3) is 5.91 Å². The Morgan fingerprint density at radius 2 is 1.52 bits per heavy atom. The summed E-state index contributed by atoms with van der Waals surface area (Å²) in [6.45, 7) is 1.44. The van der Waals surface area contributed by atoms with Crippen LogP contribution in [0.1, 0.15) is 18.1 Å². The number of carbonyl (C=O) groups is 3. The molecule has 0 aliphatic heterocycles. The minimum Gasteiger partial charge on any atom is -0.451 e. The molecule has 2 atom stereocenters. The lowest BCUT2D eigenvalue weighted by molar-refractivity contribution is -0.155. The van der Waals surface area contributed by atoms with Crippen LogP contribution in [0.25, 0.3) is 0 Å². The number of ether oxygens (including phenoxy) is 2. The summed E-state index contributed by atoms with van der Waals surface area (Å²) >= 11 is 0. The van der Waals surface area contributed by atoms with Crippen molar-refractivity contribution in [2.45, 2.75) is 32.1 Å². The largest absolute Gasteiger partial charge is 0.451 e. The van der Waals surface area contributed by atoms with Crippen LogP contribution >= 0.6 is 0 Å². The standard InChI is InChI=1S/C20H22N2O5/c1-14(18(21)23)27-19(24)17(12-15-8-4-2-5-9-15)22-20(25)26-13-16-10-6-3-7-11-16/h2-11,14,17H,12-13H2,1H3,(H2,21,23)(H,22,25)/t14-,17+/m0/s1. The lowest BCUT2D eigenvalue weighted by Crippen LogP contribution is -2.45. The van der Waals surface area contributed by atoms with Gasteiger partial charge in [-0.25, -0.2) is 9.59 Å². The molecule has 27 heavy (non-hydrogen) atoms. The highest BCUT2D eigenvalue weighted by molar-refractivity contribution is 5.85. The van der Waals surface area contributed by atoms with E-state index in [9.17, 15) is 14.4 Å². The Morgan fingerprint density at radius 1 is 0.963 bits per heavy atom. The molecule has 0 saturated carbocycles. The zero-order valence-corrected chi connectivity index (χ0v) is 15.0. The zero-order valence-electron chi connectivity index (χ0n) is 15.0. The van der Waals surface area contributed by atoms with Crippen molar-refractivity contribution >= 4 is 18.0 Å². The molecule has 0 aromatic heterocycles. The monoisotopic (exact) mass is 370 g/mol. The molecule has 0 spiro atoms. The molecule has 0 radical (unpaired) electrons. The maximum atomic E-state index is 12.4. The highest BCUT2D eigenvalue weighted by Crippen LogP contribution is 2.07. The van der Waals surface area contributed by atoms with Crippen molar-refractivity contribution in [1.82, 2.24) is 5.32 Å². The van der Waals surface area contributed by atoms with E-state index in [4.69, 9.17) is 15.2 Å². The number of nitrogens with one attached hydrogen (secondary N) is 1. The van der Waals surface area contributed by atoms with Crippen LogP contribution in [0, 0.1) is 0 Å². The molecule has 0 fully saturated rings. The molecule has 2 amide bonds. The van der Waals surface area contributed by atoms with Crippen molar-refractivity contribution in [3.8, 4) is 0 Å². The second-order valence-electron chi connectivity index (χ2n) is 5.93. The third-order valence-corrected chi connectivity index (χ3v) is 3.77. The molecule has 2 aromatic rings. The Bertz CT molecular complexity index is 764. The Kier molecular flexibility index (Phi) is 7.37. The Labute approximate surface area is 157 Å². The third-order valence-electron chi connectivity index (χ3n) is 3.77. The molecule has 0 heterocycles. The Hall–Kier alpha value is -3.35. The summed E-state index contributed by atoms with van der Waals surface area (Å²) in [5.41, 5.74) is 6.75. The molecular formula is C20H22N2O5. The minimum absolute atomic E-state index is 0.0669. The molecule has 7 heteroatoms. The summed E-state index contributed by atoms with van der Waals surface area (Å²) in [5, 5.41) is 2.49. The van der Waals surface area contributed by atoms with Crippen LogP contribution in [0.3, 0.4) is 0 Å². The van der Waals surface area contributed by atoms with Gasteiger partial charge in [-0.05, 0) is 18.1 Å². The SMILES string of the molecule is C[C@H](OC(=O)[C@@H](Cc1ccccc1)NC(=O)OCc1ccccc1)C(N)=O. The number of amides is 2. The van der Waals surface area contributed by atoms with Gasteiger partial charge in [0.15, 0.2) is 6.10 Å². The van der Waals surface area contributed by atoms with E-state index >= 15 is 0 Å². The van der Waals surface area contributed by atoms with Gasteiger partial charge in [-0.3, -0.25) is 4.79 Å². The van der Waals surface area contributed by atoms with E-state index in [0.29, 0.717) is 0 Å². The number of benzene rings is 2. The lowest BCUT2D eigenvalue weighted by atomic mass is 10.1. The highest BCUT2D eigenvalue weighted by atomic mass is 16.6. The highest BCUT2D eigenvalue weighted by Gasteiger charge is 2.26. The van der Waals surface area contributed by atoms with E-state index in [1.165, 1.54) is 6.92 Å². The quantitative estimate of drug-likeness (QED) is 0.691. The average Bonchev–Trinajstić information content (AvgIpc) is 2.67. The van der Waals surface area contributed by atoms with Crippen LogP contribution < -0.4 is 11.1 Å². The first-order valence-corrected chi connectivity index (χ1v) is 8.46. The molecule has 2 rings (SSSR count). The van der Waals surface area contributed by atoms with E-state index in [-0.39, 0.29) is 13.0 Å². The molecule has 0 aliphatic rings. The minimum atomic E-state index is -1.10. The summed E-state index contributed by atoms with van der Waals surface area (Å²) in [5.74, 6) is -1.53. The van der Waals surface area contributed by atoms with Gasteiger partial charge in [0, 0.05) is 6.42 Å². The number of alkyl carbamates (subject to hydrolysis) is 1. The van der Waals surface area contributed by atoms with Crippen LogP contribution in [-0.4, -0.2) is 30.1 Å². The molecule has 0 unspecified atom stereocenters. The van der Waals surface area contributed by atoms with Crippen molar-refractivity contribution in [3.63, 3.8) is 0 Å². The third kappa shape index (κ3) is 6.81. The number of esters is 1. The fraction of sp³-hybridized carbons (Fsp3) is 0.250. The van der Waals surface area contributed by atoms with E-state index < -0.39 is 30.1 Å². The van der Waals surface area contributed by atoms with Crippen LogP contribution in [-0.2, 0) is 32.1 Å². The van der Waals surface area contributed by atoms with E-state index in [0.717, 1.165) is 11.1 Å².